The lowest BCUT2D eigenvalue weighted by Crippen LogP contribution is -1.91. The molecule has 0 heterocycles. The van der Waals surface area contributed by atoms with E-state index in [1.54, 1.807) is 0 Å². The molecule has 1 nitrogen and oxygen atoms in total. The monoisotopic (exact) mass is 242 g/mol. The van der Waals surface area contributed by atoms with Gasteiger partial charge in [-0.2, -0.15) is 0 Å². The van der Waals surface area contributed by atoms with Crippen LogP contribution in [-0.4, -0.2) is 5.11 Å². The fourth-order valence-corrected chi connectivity index (χ4v) is 2.57. The third kappa shape index (κ3) is 2.15. The maximum atomic E-state index is 9.92. The quantitative estimate of drug-likeness (QED) is 0.817. The number of hydrogen-bond donors (Lipinski definition) is 1. The van der Waals surface area contributed by atoms with Crippen molar-refractivity contribution in [1.82, 2.24) is 0 Å². The van der Waals surface area contributed by atoms with E-state index >= 15 is 0 Å². The van der Waals surface area contributed by atoms with Crippen LogP contribution in [0.15, 0.2) is 24.3 Å². The molecule has 1 atom stereocenters. The van der Waals surface area contributed by atoms with Crippen LogP contribution >= 0.6 is 0 Å². The Bertz CT molecular complexity index is 538. The molecule has 2 aliphatic carbocycles. The summed E-state index contributed by atoms with van der Waals surface area (Å²) in [5.74, 6) is 0.518. The smallest absolute Gasteiger partial charge is 0.0768 e. The predicted molar refractivity (Wildman–Crippen MR) is 77.3 cm³/mol. The molecule has 2 aliphatic rings. The molecular formula is C17H22O. The Kier molecular flexibility index (Phi) is 3.45. The molecule has 0 amide bonds. The lowest BCUT2D eigenvalue weighted by atomic mass is 9.99. The molecule has 18 heavy (non-hydrogen) atoms. The maximum Gasteiger partial charge on any atom is 0.0768 e. The van der Waals surface area contributed by atoms with Gasteiger partial charge in [-0.3, -0.25) is 0 Å². The average Bonchev–Trinajstić information content (AvgIpc) is 2.50. The molecule has 0 bridgehead atoms. The van der Waals surface area contributed by atoms with Crippen molar-refractivity contribution < 1.29 is 5.11 Å². The van der Waals surface area contributed by atoms with Crippen LogP contribution in [0.25, 0.3) is 11.1 Å². The molecule has 1 unspecified atom stereocenters. The van der Waals surface area contributed by atoms with E-state index < -0.39 is 6.10 Å². The summed E-state index contributed by atoms with van der Waals surface area (Å²) < 4.78 is 0. The third-order valence-electron chi connectivity index (χ3n) is 3.70. The van der Waals surface area contributed by atoms with E-state index in [1.165, 1.54) is 27.8 Å². The Morgan fingerprint density at radius 3 is 2.17 bits per heavy atom. The van der Waals surface area contributed by atoms with E-state index in [0.717, 1.165) is 5.56 Å². The molecule has 2 rings (SSSR count). The molecule has 0 aromatic rings. The summed E-state index contributed by atoms with van der Waals surface area (Å²) in [6.45, 7) is 10.5. The minimum atomic E-state index is -0.412. The normalized spacial score (nSPS) is 13.3. The van der Waals surface area contributed by atoms with Crippen LogP contribution in [0.2, 0.25) is 0 Å². The molecule has 0 radical (unpaired) electrons. The van der Waals surface area contributed by atoms with Gasteiger partial charge in [0.2, 0.25) is 0 Å². The molecule has 96 valence electrons. The van der Waals surface area contributed by atoms with Crippen LogP contribution in [0.4, 0.5) is 0 Å². The van der Waals surface area contributed by atoms with Gasteiger partial charge in [0.25, 0.3) is 0 Å². The molecular weight excluding hydrogens is 220 g/mol. The fraction of sp³-hybridized carbons (Fsp3) is 0.412. The molecule has 0 fully saturated rings. The first-order valence-electron chi connectivity index (χ1n) is 6.63. The van der Waals surface area contributed by atoms with Crippen LogP contribution in [0.1, 0.15) is 55.0 Å². The van der Waals surface area contributed by atoms with Crippen molar-refractivity contribution in [2.24, 2.45) is 0 Å². The van der Waals surface area contributed by atoms with Gasteiger partial charge < -0.3 is 5.11 Å². The Balaban J connectivity index is 2.75. The van der Waals surface area contributed by atoms with E-state index in [0.29, 0.717) is 5.92 Å². The van der Waals surface area contributed by atoms with Crippen LogP contribution < -0.4 is 0 Å². The van der Waals surface area contributed by atoms with Gasteiger partial charge in [0, 0.05) is 0 Å². The second-order valence-electron chi connectivity index (χ2n) is 5.56. The third-order valence-corrected chi connectivity index (χ3v) is 3.70. The maximum absolute atomic E-state index is 9.92. The highest BCUT2D eigenvalue weighted by Crippen LogP contribution is 2.38. The Morgan fingerprint density at radius 1 is 0.944 bits per heavy atom. The van der Waals surface area contributed by atoms with Crippen LogP contribution in [0.3, 0.4) is 0 Å². The first-order chi connectivity index (χ1) is 8.41. The number of aryl methyl sites for hydroxylation is 2. The summed E-state index contributed by atoms with van der Waals surface area (Å²) in [6.07, 6.45) is -0.412. The molecule has 1 heteroatoms. The van der Waals surface area contributed by atoms with Gasteiger partial charge >= 0.3 is 0 Å². The molecule has 0 aromatic carbocycles. The number of hydrogen-bond acceptors (Lipinski definition) is 1. The second kappa shape index (κ2) is 4.74. The van der Waals surface area contributed by atoms with Crippen LogP contribution in [0, 0.1) is 13.8 Å². The lowest BCUT2D eigenvalue weighted by Gasteiger charge is -2.07. The number of fused-ring (bicyclic) bond motifs is 1. The minimum Gasteiger partial charge on any atom is -0.389 e. The van der Waals surface area contributed by atoms with Gasteiger partial charge in [0.1, 0.15) is 0 Å². The summed E-state index contributed by atoms with van der Waals surface area (Å²) >= 11 is 0. The van der Waals surface area contributed by atoms with Crippen molar-refractivity contribution in [3.8, 4) is 11.1 Å². The van der Waals surface area contributed by atoms with E-state index in [-0.39, 0.29) is 0 Å². The largest absolute Gasteiger partial charge is 0.389 e. The van der Waals surface area contributed by atoms with Crippen molar-refractivity contribution in [3.63, 3.8) is 0 Å². The molecule has 0 saturated carbocycles. The summed E-state index contributed by atoms with van der Waals surface area (Å²) in [6, 6.07) is 8.76. The molecule has 0 spiro atoms. The van der Waals surface area contributed by atoms with Gasteiger partial charge in [-0.25, -0.2) is 0 Å². The van der Waals surface area contributed by atoms with Gasteiger partial charge in [-0.15, -0.1) is 0 Å². The topological polar surface area (TPSA) is 20.2 Å². The van der Waals surface area contributed by atoms with Gasteiger partial charge in [-0.1, -0.05) is 38.1 Å². The van der Waals surface area contributed by atoms with Crippen molar-refractivity contribution in [3.05, 3.63) is 46.5 Å². The molecule has 0 saturated heterocycles. The highest BCUT2D eigenvalue weighted by Gasteiger charge is 2.18. The van der Waals surface area contributed by atoms with Gasteiger partial charge in [0.05, 0.1) is 6.10 Å². The van der Waals surface area contributed by atoms with E-state index in [9.17, 15) is 5.11 Å². The Labute approximate surface area is 110 Å². The van der Waals surface area contributed by atoms with Crippen LogP contribution in [0.5, 0.6) is 0 Å². The average molecular weight is 242 g/mol. The summed E-state index contributed by atoms with van der Waals surface area (Å²) in [5.41, 5.74) is 7.37. The number of aliphatic hydroxyl groups excluding tert-OH is 1. The van der Waals surface area contributed by atoms with Gasteiger partial charge in [-0.05, 0) is 60.1 Å². The first kappa shape index (κ1) is 13.1. The highest BCUT2D eigenvalue weighted by atomic mass is 16.3. The summed E-state index contributed by atoms with van der Waals surface area (Å²) in [5, 5.41) is 9.92. The first-order valence-corrected chi connectivity index (χ1v) is 6.63. The summed E-state index contributed by atoms with van der Waals surface area (Å²) in [7, 11) is 0. The Morgan fingerprint density at radius 2 is 1.61 bits per heavy atom. The minimum absolute atomic E-state index is 0.412. The SMILES string of the molecule is Cc1cc(C(C)O)c2c(C)ccc(C(C)C)cc1-2. The van der Waals surface area contributed by atoms with Crippen LogP contribution in [-0.2, 0) is 0 Å². The zero-order chi connectivity index (χ0) is 13.4. The second-order valence-corrected chi connectivity index (χ2v) is 5.56. The van der Waals surface area contributed by atoms with Gasteiger partial charge in [0.15, 0.2) is 0 Å². The Hall–Kier alpha value is -1.34. The van der Waals surface area contributed by atoms with E-state index in [2.05, 4.69) is 52.0 Å². The van der Waals surface area contributed by atoms with Crippen molar-refractivity contribution in [2.45, 2.75) is 46.6 Å². The molecule has 0 aliphatic heterocycles. The predicted octanol–water partition coefficient (Wildman–Crippen LogP) is 4.58. The van der Waals surface area contributed by atoms with Crippen molar-refractivity contribution in [2.75, 3.05) is 0 Å². The number of aliphatic hydroxyl groups is 1. The summed E-state index contributed by atoms with van der Waals surface area (Å²) in [4.78, 5) is 0. The van der Waals surface area contributed by atoms with E-state index in [4.69, 9.17) is 0 Å². The molecule has 1 N–H and O–H groups in total. The van der Waals surface area contributed by atoms with E-state index in [1.807, 2.05) is 6.92 Å². The van der Waals surface area contributed by atoms with Crippen molar-refractivity contribution in [1.29, 1.82) is 0 Å². The van der Waals surface area contributed by atoms with Crippen molar-refractivity contribution >= 4 is 0 Å². The fourth-order valence-electron chi connectivity index (χ4n) is 2.57. The highest BCUT2D eigenvalue weighted by molar-refractivity contribution is 5.78. The standard InChI is InChI=1S/C17H22O/c1-10(2)14-7-6-11(3)17-15(9-14)12(4)8-16(17)13(5)18/h6-10,13,18H,1-5H3. The number of rotatable bonds is 2. The lowest BCUT2D eigenvalue weighted by molar-refractivity contribution is 0.200. The zero-order valence-electron chi connectivity index (χ0n) is 11.9. The molecule has 0 aromatic heterocycles. The zero-order valence-corrected chi connectivity index (χ0v) is 11.9.